The van der Waals surface area contributed by atoms with Gasteiger partial charge in [0.05, 0.1) is 11.3 Å². The summed E-state index contributed by atoms with van der Waals surface area (Å²) in [7, 11) is 0. The molecule has 3 heteroatoms. The molecule has 0 aliphatic rings. The van der Waals surface area contributed by atoms with Crippen molar-refractivity contribution in [1.29, 1.82) is 5.26 Å². The predicted molar refractivity (Wildman–Crippen MR) is 52.6 cm³/mol. The molecule has 0 saturated heterocycles. The molecule has 0 saturated carbocycles. The zero-order valence-corrected chi connectivity index (χ0v) is 8.35. The number of rotatable bonds is 1. The smallest absolute Gasteiger partial charge is 0.101 e. The van der Waals surface area contributed by atoms with E-state index in [4.69, 9.17) is 11.0 Å². The molecule has 2 N–H and O–H groups in total. The van der Waals surface area contributed by atoms with Gasteiger partial charge in [-0.05, 0) is 24.1 Å². The van der Waals surface area contributed by atoms with Crippen molar-refractivity contribution in [2.75, 3.05) is 5.73 Å². The first-order valence-electron chi connectivity index (χ1n) is 3.67. The van der Waals surface area contributed by atoms with Gasteiger partial charge in [0.2, 0.25) is 0 Å². The lowest BCUT2D eigenvalue weighted by Crippen LogP contribution is -1.96. The van der Waals surface area contributed by atoms with Gasteiger partial charge in [0, 0.05) is 4.47 Å². The number of anilines is 1. The van der Waals surface area contributed by atoms with E-state index in [-0.39, 0.29) is 0 Å². The van der Waals surface area contributed by atoms with Gasteiger partial charge in [-0.1, -0.05) is 22.9 Å². The minimum absolute atomic E-state index is 0.543. The molecule has 0 unspecified atom stereocenters. The first-order chi connectivity index (χ1) is 5.69. The van der Waals surface area contributed by atoms with E-state index in [1.807, 2.05) is 13.0 Å². The molecular formula is C9H9BrN2. The van der Waals surface area contributed by atoms with Gasteiger partial charge in [-0.3, -0.25) is 0 Å². The van der Waals surface area contributed by atoms with Crippen molar-refractivity contribution >= 4 is 21.6 Å². The van der Waals surface area contributed by atoms with Gasteiger partial charge in [0.1, 0.15) is 6.07 Å². The molecule has 0 heterocycles. The van der Waals surface area contributed by atoms with Crippen LogP contribution in [0.3, 0.4) is 0 Å². The van der Waals surface area contributed by atoms with Gasteiger partial charge < -0.3 is 5.73 Å². The molecule has 0 atom stereocenters. The van der Waals surface area contributed by atoms with Gasteiger partial charge in [-0.15, -0.1) is 0 Å². The number of nitrogens with two attached hydrogens (primary N) is 1. The first-order valence-corrected chi connectivity index (χ1v) is 4.46. The summed E-state index contributed by atoms with van der Waals surface area (Å²) < 4.78 is 0.908. The fraction of sp³-hybridized carbons (Fsp3) is 0.222. The van der Waals surface area contributed by atoms with Crippen molar-refractivity contribution in [2.45, 2.75) is 13.3 Å². The second kappa shape index (κ2) is 3.59. The van der Waals surface area contributed by atoms with Crippen LogP contribution in [0.25, 0.3) is 0 Å². The van der Waals surface area contributed by atoms with Crippen LogP contribution in [0.1, 0.15) is 18.1 Å². The van der Waals surface area contributed by atoms with E-state index in [9.17, 15) is 0 Å². The van der Waals surface area contributed by atoms with Crippen LogP contribution in [0.15, 0.2) is 16.6 Å². The minimum Gasteiger partial charge on any atom is -0.397 e. The maximum Gasteiger partial charge on any atom is 0.101 e. The number of nitrogen functional groups attached to an aromatic ring is 1. The number of hydrogen-bond acceptors (Lipinski definition) is 2. The highest BCUT2D eigenvalue weighted by Crippen LogP contribution is 2.23. The maximum atomic E-state index is 8.71. The monoisotopic (exact) mass is 224 g/mol. The Hall–Kier alpha value is -1.01. The zero-order valence-electron chi connectivity index (χ0n) is 6.76. The summed E-state index contributed by atoms with van der Waals surface area (Å²) >= 11 is 3.32. The number of hydrogen-bond donors (Lipinski definition) is 1. The highest BCUT2D eigenvalue weighted by Gasteiger charge is 2.04. The summed E-state index contributed by atoms with van der Waals surface area (Å²) in [6.45, 7) is 2.01. The molecule has 0 aliphatic carbocycles. The molecule has 0 aromatic heterocycles. The molecule has 0 spiro atoms. The Kier molecular flexibility index (Phi) is 2.72. The molecule has 1 aromatic rings. The summed E-state index contributed by atoms with van der Waals surface area (Å²) in [5.41, 5.74) is 7.89. The highest BCUT2D eigenvalue weighted by molar-refractivity contribution is 9.10. The van der Waals surface area contributed by atoms with Crippen molar-refractivity contribution in [3.63, 3.8) is 0 Å². The Morgan fingerprint density at radius 2 is 2.25 bits per heavy atom. The second-order valence-electron chi connectivity index (χ2n) is 2.49. The van der Waals surface area contributed by atoms with E-state index in [0.717, 1.165) is 16.5 Å². The van der Waals surface area contributed by atoms with E-state index in [1.54, 1.807) is 6.07 Å². The molecular weight excluding hydrogens is 216 g/mol. The summed E-state index contributed by atoms with van der Waals surface area (Å²) in [5, 5.41) is 8.71. The Bertz CT molecular complexity index is 339. The highest BCUT2D eigenvalue weighted by atomic mass is 79.9. The normalized spacial score (nSPS) is 9.42. The first kappa shape index (κ1) is 9.08. The summed E-state index contributed by atoms with van der Waals surface area (Å²) in [6.07, 6.45) is 0.847. The van der Waals surface area contributed by atoms with Crippen LogP contribution in [0, 0.1) is 11.3 Å². The molecule has 0 radical (unpaired) electrons. The SMILES string of the molecule is CCc1cc(Br)cc(C#N)c1N. The standard InChI is InChI=1S/C9H9BrN2/c1-2-6-3-8(10)4-7(5-11)9(6)12/h3-4H,2,12H2,1H3. The van der Waals surface area contributed by atoms with Crippen LogP contribution in [-0.4, -0.2) is 0 Å². The van der Waals surface area contributed by atoms with Gasteiger partial charge in [-0.25, -0.2) is 0 Å². The van der Waals surface area contributed by atoms with Crippen LogP contribution in [0.5, 0.6) is 0 Å². The topological polar surface area (TPSA) is 49.8 Å². The number of nitrogens with zero attached hydrogens (tertiary/aromatic N) is 1. The molecule has 12 heavy (non-hydrogen) atoms. The average molecular weight is 225 g/mol. The maximum absolute atomic E-state index is 8.71. The predicted octanol–water partition coefficient (Wildman–Crippen LogP) is 2.47. The fourth-order valence-electron chi connectivity index (χ4n) is 1.06. The zero-order chi connectivity index (χ0) is 9.14. The molecule has 1 rings (SSSR count). The van der Waals surface area contributed by atoms with E-state index in [1.165, 1.54) is 0 Å². The van der Waals surface area contributed by atoms with E-state index in [2.05, 4.69) is 22.0 Å². The van der Waals surface area contributed by atoms with Crippen LogP contribution in [-0.2, 0) is 6.42 Å². The summed E-state index contributed by atoms with van der Waals surface area (Å²) in [6, 6.07) is 5.73. The van der Waals surface area contributed by atoms with Gasteiger partial charge >= 0.3 is 0 Å². The van der Waals surface area contributed by atoms with E-state index >= 15 is 0 Å². The van der Waals surface area contributed by atoms with Crippen LogP contribution in [0.2, 0.25) is 0 Å². The molecule has 1 aromatic carbocycles. The third kappa shape index (κ3) is 1.59. The molecule has 0 fully saturated rings. The number of halogens is 1. The number of benzene rings is 1. The van der Waals surface area contributed by atoms with Crippen LogP contribution < -0.4 is 5.73 Å². The van der Waals surface area contributed by atoms with Crippen molar-refractivity contribution in [3.05, 3.63) is 27.7 Å². The number of aryl methyl sites for hydroxylation is 1. The van der Waals surface area contributed by atoms with E-state index in [0.29, 0.717) is 11.3 Å². The average Bonchev–Trinajstić information content (AvgIpc) is 2.08. The van der Waals surface area contributed by atoms with Crippen LogP contribution >= 0.6 is 15.9 Å². The Morgan fingerprint density at radius 3 is 2.75 bits per heavy atom. The molecule has 0 aliphatic heterocycles. The lowest BCUT2D eigenvalue weighted by molar-refractivity contribution is 1.14. The Labute approximate surface area is 80.1 Å². The number of nitriles is 1. The molecule has 0 bridgehead atoms. The summed E-state index contributed by atoms with van der Waals surface area (Å²) in [5.74, 6) is 0. The largest absolute Gasteiger partial charge is 0.397 e. The Balaban J connectivity index is 3.34. The van der Waals surface area contributed by atoms with Crippen molar-refractivity contribution in [2.24, 2.45) is 0 Å². The van der Waals surface area contributed by atoms with Crippen LogP contribution in [0.4, 0.5) is 5.69 Å². The van der Waals surface area contributed by atoms with E-state index < -0.39 is 0 Å². The minimum atomic E-state index is 0.543. The lowest BCUT2D eigenvalue weighted by Gasteiger charge is -2.04. The van der Waals surface area contributed by atoms with Gasteiger partial charge in [0.15, 0.2) is 0 Å². The third-order valence-electron chi connectivity index (χ3n) is 1.73. The lowest BCUT2D eigenvalue weighted by atomic mass is 10.1. The van der Waals surface area contributed by atoms with Gasteiger partial charge in [0.25, 0.3) is 0 Å². The quantitative estimate of drug-likeness (QED) is 0.746. The van der Waals surface area contributed by atoms with Crippen molar-refractivity contribution < 1.29 is 0 Å². The van der Waals surface area contributed by atoms with Crippen molar-refractivity contribution in [3.8, 4) is 6.07 Å². The summed E-state index contributed by atoms with van der Waals surface area (Å²) in [4.78, 5) is 0. The van der Waals surface area contributed by atoms with Crippen molar-refractivity contribution in [1.82, 2.24) is 0 Å². The molecule has 2 nitrogen and oxygen atoms in total. The third-order valence-corrected chi connectivity index (χ3v) is 2.19. The second-order valence-corrected chi connectivity index (χ2v) is 3.41. The van der Waals surface area contributed by atoms with Gasteiger partial charge in [-0.2, -0.15) is 5.26 Å². The molecule has 62 valence electrons. The Morgan fingerprint density at radius 1 is 1.58 bits per heavy atom. The molecule has 0 amide bonds. The fourth-order valence-corrected chi connectivity index (χ4v) is 1.56.